The van der Waals surface area contributed by atoms with Gasteiger partial charge in [-0.25, -0.2) is 0 Å². The highest BCUT2D eigenvalue weighted by atomic mass is 79.9. The fourth-order valence-electron chi connectivity index (χ4n) is 1.64. The second kappa shape index (κ2) is 6.53. The Labute approximate surface area is 107 Å². The molecule has 1 aromatic carbocycles. The van der Waals surface area contributed by atoms with Crippen LogP contribution in [0.4, 0.5) is 5.69 Å². The number of nitrogens with zero attached hydrogens (tertiary/aromatic N) is 1. The summed E-state index contributed by atoms with van der Waals surface area (Å²) in [7, 11) is 1.67. The maximum atomic E-state index is 5.10. The quantitative estimate of drug-likeness (QED) is 0.808. The summed E-state index contributed by atoms with van der Waals surface area (Å²) in [5.74, 6) is 1.98. The van der Waals surface area contributed by atoms with Gasteiger partial charge in [-0.3, -0.25) is 4.99 Å². The van der Waals surface area contributed by atoms with Crippen LogP contribution in [0.5, 0.6) is 5.75 Å². The maximum Gasteiger partial charge on any atom is 0.119 e. The lowest BCUT2D eigenvalue weighted by Crippen LogP contribution is -3.00. The van der Waals surface area contributed by atoms with Gasteiger partial charge in [0, 0.05) is 18.7 Å². The monoisotopic (exact) mass is 283 g/mol. The van der Waals surface area contributed by atoms with Crippen LogP contribution in [0.15, 0.2) is 29.3 Å². The zero-order valence-electron chi connectivity index (χ0n) is 9.37. The molecule has 0 saturated heterocycles. The van der Waals surface area contributed by atoms with Gasteiger partial charge in [-0.2, -0.15) is 0 Å². The molecule has 1 aliphatic rings. The minimum atomic E-state index is 0. The number of rotatable bonds is 2. The standard InChI is InChI=1S/C12H16N2O.BrH/c1-15-11-7-5-10(6-8-11)14-12-4-2-3-9-13-12;/h5-8H,2-4,9H2,1H3,(H,13,14);1H/p-1. The summed E-state index contributed by atoms with van der Waals surface area (Å²) >= 11 is 0. The highest BCUT2D eigenvalue weighted by Gasteiger charge is 2.04. The van der Waals surface area contributed by atoms with Crippen LogP contribution < -0.4 is 27.0 Å². The van der Waals surface area contributed by atoms with E-state index in [2.05, 4.69) is 10.3 Å². The van der Waals surface area contributed by atoms with Crippen LogP contribution in [-0.4, -0.2) is 19.5 Å². The topological polar surface area (TPSA) is 33.6 Å². The van der Waals surface area contributed by atoms with Crippen LogP contribution in [0.3, 0.4) is 0 Å². The van der Waals surface area contributed by atoms with Gasteiger partial charge in [0.05, 0.1) is 7.11 Å². The van der Waals surface area contributed by atoms with Crippen molar-refractivity contribution in [3.8, 4) is 5.75 Å². The smallest absolute Gasteiger partial charge is 0.119 e. The lowest BCUT2D eigenvalue weighted by molar-refractivity contribution is -0.00000345. The Kier molecular flexibility index (Phi) is 5.32. The zero-order valence-corrected chi connectivity index (χ0v) is 11.0. The Morgan fingerprint density at radius 2 is 1.94 bits per heavy atom. The summed E-state index contributed by atoms with van der Waals surface area (Å²) in [5, 5.41) is 3.33. The molecule has 88 valence electrons. The third-order valence-corrected chi connectivity index (χ3v) is 2.50. The molecule has 0 radical (unpaired) electrons. The van der Waals surface area contributed by atoms with Gasteiger partial charge in [0.25, 0.3) is 0 Å². The Morgan fingerprint density at radius 1 is 1.19 bits per heavy atom. The number of ether oxygens (including phenoxy) is 1. The molecule has 2 rings (SSSR count). The van der Waals surface area contributed by atoms with Gasteiger partial charge >= 0.3 is 0 Å². The van der Waals surface area contributed by atoms with Gasteiger partial charge in [0.1, 0.15) is 11.6 Å². The molecular weight excluding hydrogens is 268 g/mol. The van der Waals surface area contributed by atoms with Crippen LogP contribution in [0, 0.1) is 0 Å². The van der Waals surface area contributed by atoms with E-state index in [0.29, 0.717) is 0 Å². The van der Waals surface area contributed by atoms with Crippen molar-refractivity contribution in [2.75, 3.05) is 19.0 Å². The average Bonchev–Trinajstić information content (AvgIpc) is 2.31. The number of amidine groups is 1. The third-order valence-electron chi connectivity index (χ3n) is 2.50. The van der Waals surface area contributed by atoms with E-state index in [1.54, 1.807) is 7.11 Å². The number of nitrogens with one attached hydrogen (secondary N) is 1. The summed E-state index contributed by atoms with van der Waals surface area (Å²) in [4.78, 5) is 4.44. The Hall–Kier alpha value is -1.03. The molecule has 1 N–H and O–H groups in total. The van der Waals surface area contributed by atoms with E-state index < -0.39 is 0 Å². The van der Waals surface area contributed by atoms with Gasteiger partial charge in [0.2, 0.25) is 0 Å². The predicted octanol–water partition coefficient (Wildman–Crippen LogP) is -0.306. The SMILES string of the molecule is COc1ccc(NC2=NCCCC2)cc1.[Br-]. The Morgan fingerprint density at radius 3 is 2.50 bits per heavy atom. The minimum absolute atomic E-state index is 0. The maximum absolute atomic E-state index is 5.10. The summed E-state index contributed by atoms with van der Waals surface area (Å²) in [5.41, 5.74) is 1.08. The Bertz CT molecular complexity index is 349. The number of aliphatic imine (C=N–C) groups is 1. The molecule has 0 bridgehead atoms. The molecule has 1 aliphatic heterocycles. The first kappa shape index (κ1) is 13.0. The molecule has 0 saturated carbocycles. The molecule has 0 amide bonds. The number of halogens is 1. The van der Waals surface area contributed by atoms with Gasteiger partial charge in [-0.15, -0.1) is 0 Å². The number of benzene rings is 1. The van der Waals surface area contributed by atoms with Gasteiger partial charge in [0.15, 0.2) is 0 Å². The van der Waals surface area contributed by atoms with E-state index in [1.807, 2.05) is 24.3 Å². The average molecular weight is 284 g/mol. The Balaban J connectivity index is 0.00000128. The molecule has 4 heteroatoms. The van der Waals surface area contributed by atoms with Crippen LogP contribution in [0.1, 0.15) is 19.3 Å². The molecule has 0 aliphatic carbocycles. The molecule has 0 unspecified atom stereocenters. The molecule has 0 fully saturated rings. The first-order valence-electron chi connectivity index (χ1n) is 5.33. The van der Waals surface area contributed by atoms with Crippen molar-refractivity contribution in [1.82, 2.24) is 0 Å². The van der Waals surface area contributed by atoms with Gasteiger partial charge < -0.3 is 27.0 Å². The van der Waals surface area contributed by atoms with Crippen molar-refractivity contribution < 1.29 is 21.7 Å². The third kappa shape index (κ3) is 3.52. The normalized spacial score (nSPS) is 14.7. The second-order valence-electron chi connectivity index (χ2n) is 3.64. The highest BCUT2D eigenvalue weighted by Crippen LogP contribution is 2.16. The molecule has 0 spiro atoms. The van der Waals surface area contributed by atoms with E-state index >= 15 is 0 Å². The molecule has 0 aromatic heterocycles. The number of methoxy groups -OCH3 is 1. The van der Waals surface area contributed by atoms with Crippen LogP contribution >= 0.6 is 0 Å². The van der Waals surface area contributed by atoms with Crippen molar-refractivity contribution in [1.29, 1.82) is 0 Å². The van der Waals surface area contributed by atoms with E-state index in [-0.39, 0.29) is 17.0 Å². The first-order valence-corrected chi connectivity index (χ1v) is 5.33. The molecule has 3 nitrogen and oxygen atoms in total. The summed E-state index contributed by atoms with van der Waals surface area (Å²) in [6.45, 7) is 0.957. The highest BCUT2D eigenvalue weighted by molar-refractivity contribution is 5.95. The number of hydrogen-bond acceptors (Lipinski definition) is 3. The molecule has 0 atom stereocenters. The fraction of sp³-hybridized carbons (Fsp3) is 0.417. The molecule has 1 aromatic rings. The molecule has 16 heavy (non-hydrogen) atoms. The summed E-state index contributed by atoms with van der Waals surface area (Å²) < 4.78 is 5.10. The van der Waals surface area contributed by atoms with Crippen molar-refractivity contribution >= 4 is 11.5 Å². The summed E-state index contributed by atoms with van der Waals surface area (Å²) in [6.07, 6.45) is 3.52. The van der Waals surface area contributed by atoms with E-state index in [1.165, 1.54) is 12.8 Å². The van der Waals surface area contributed by atoms with Crippen LogP contribution in [0.25, 0.3) is 0 Å². The zero-order chi connectivity index (χ0) is 10.5. The fourth-order valence-corrected chi connectivity index (χ4v) is 1.64. The predicted molar refractivity (Wildman–Crippen MR) is 62.8 cm³/mol. The van der Waals surface area contributed by atoms with Crippen molar-refractivity contribution in [3.63, 3.8) is 0 Å². The van der Waals surface area contributed by atoms with Crippen molar-refractivity contribution in [3.05, 3.63) is 24.3 Å². The lowest BCUT2D eigenvalue weighted by atomic mass is 10.2. The second-order valence-corrected chi connectivity index (χ2v) is 3.64. The van der Waals surface area contributed by atoms with E-state index in [9.17, 15) is 0 Å². The largest absolute Gasteiger partial charge is 1.00 e. The molecule has 1 heterocycles. The van der Waals surface area contributed by atoms with Gasteiger partial charge in [-0.1, -0.05) is 0 Å². The molecular formula is C12H16BrN2O-. The minimum Gasteiger partial charge on any atom is -1.00 e. The first-order chi connectivity index (χ1) is 7.38. The van der Waals surface area contributed by atoms with Gasteiger partial charge in [-0.05, 0) is 37.1 Å². The van der Waals surface area contributed by atoms with Crippen LogP contribution in [-0.2, 0) is 0 Å². The van der Waals surface area contributed by atoms with E-state index in [0.717, 1.165) is 30.2 Å². The van der Waals surface area contributed by atoms with Crippen molar-refractivity contribution in [2.24, 2.45) is 4.99 Å². The van der Waals surface area contributed by atoms with Crippen LogP contribution in [0.2, 0.25) is 0 Å². The van der Waals surface area contributed by atoms with Crippen molar-refractivity contribution in [2.45, 2.75) is 19.3 Å². The summed E-state index contributed by atoms with van der Waals surface area (Å²) in [6, 6.07) is 7.92. The number of hydrogen-bond donors (Lipinski definition) is 1. The van der Waals surface area contributed by atoms with E-state index in [4.69, 9.17) is 4.74 Å². The lowest BCUT2D eigenvalue weighted by Gasteiger charge is -2.14. The number of anilines is 1.